The highest BCUT2D eigenvalue weighted by molar-refractivity contribution is 5.83. The monoisotopic (exact) mass is 500 g/mol. The lowest BCUT2D eigenvalue weighted by molar-refractivity contribution is 0.0738. The van der Waals surface area contributed by atoms with Crippen LogP contribution < -0.4 is 10.9 Å². The number of hydrogen-bond donors (Lipinski definition) is 2. The number of nitrogens with zero attached hydrogens (tertiary/aromatic N) is 5. The Morgan fingerprint density at radius 3 is 2.59 bits per heavy atom. The molecule has 1 aliphatic carbocycles. The number of nitrogens with one attached hydrogen (secondary N) is 1. The predicted molar refractivity (Wildman–Crippen MR) is 148 cm³/mol. The van der Waals surface area contributed by atoms with Crippen LogP contribution in [0.2, 0.25) is 0 Å². The van der Waals surface area contributed by atoms with Crippen LogP contribution in [0, 0.1) is 0 Å². The van der Waals surface area contributed by atoms with Crippen molar-refractivity contribution in [2.75, 3.05) is 19.4 Å². The fourth-order valence-electron chi connectivity index (χ4n) is 5.20. The summed E-state index contributed by atoms with van der Waals surface area (Å²) in [7, 11) is 4.29. The minimum Gasteiger partial charge on any atom is -0.384 e. The molecule has 4 aromatic rings. The largest absolute Gasteiger partial charge is 0.384 e. The van der Waals surface area contributed by atoms with E-state index in [0.717, 1.165) is 29.7 Å². The Balaban J connectivity index is 1.57. The lowest BCUT2D eigenvalue weighted by Crippen LogP contribution is -2.33. The Labute approximate surface area is 217 Å². The van der Waals surface area contributed by atoms with Crippen LogP contribution in [0.15, 0.2) is 53.6 Å². The summed E-state index contributed by atoms with van der Waals surface area (Å²) in [6.45, 7) is 7.37. The molecule has 8 nitrogen and oxygen atoms in total. The number of aliphatic hydroxyl groups is 1. The number of aromatic nitrogens is 4. The maximum atomic E-state index is 13.4. The first-order valence-electron chi connectivity index (χ1n) is 12.9. The molecule has 37 heavy (non-hydrogen) atoms. The minimum absolute atomic E-state index is 0.0830. The van der Waals surface area contributed by atoms with E-state index in [-0.39, 0.29) is 11.6 Å². The second kappa shape index (κ2) is 9.43. The summed E-state index contributed by atoms with van der Waals surface area (Å²) in [6.07, 6.45) is 6.62. The summed E-state index contributed by atoms with van der Waals surface area (Å²) in [6, 6.07) is 12.6. The van der Waals surface area contributed by atoms with Crippen molar-refractivity contribution in [3.05, 3.63) is 76.0 Å². The SMILES string of the molecule is CC(C)n1c(=O)c2cnc(Nc3ccc4c(c3)CC(N(C)C)CC4)cc2n1-c1ccnc(C(C)(C)O)c1. The summed E-state index contributed by atoms with van der Waals surface area (Å²) in [5.74, 6) is 0.666. The van der Waals surface area contributed by atoms with E-state index in [1.165, 1.54) is 17.5 Å². The van der Waals surface area contributed by atoms with Gasteiger partial charge in [0.05, 0.1) is 22.3 Å². The molecule has 1 atom stereocenters. The van der Waals surface area contributed by atoms with Crippen molar-refractivity contribution >= 4 is 22.4 Å². The lowest BCUT2D eigenvalue weighted by atomic mass is 9.87. The molecule has 0 spiro atoms. The van der Waals surface area contributed by atoms with Gasteiger partial charge in [0.15, 0.2) is 0 Å². The second-order valence-corrected chi connectivity index (χ2v) is 11.1. The van der Waals surface area contributed by atoms with Gasteiger partial charge in [-0.05, 0) is 96.4 Å². The molecule has 0 aliphatic heterocycles. The molecule has 8 heteroatoms. The lowest BCUT2D eigenvalue weighted by Gasteiger charge is -2.30. The number of aryl methyl sites for hydroxylation is 1. The summed E-state index contributed by atoms with van der Waals surface area (Å²) in [5.41, 5.74) is 4.60. The van der Waals surface area contributed by atoms with Crippen LogP contribution in [0.3, 0.4) is 0 Å². The van der Waals surface area contributed by atoms with E-state index >= 15 is 0 Å². The first kappa shape index (κ1) is 25.2. The number of benzene rings is 1. The standard InChI is InChI=1S/C29H36N6O2/c1-18(2)34-28(36)24-17-31-27(16-25(24)35(34)23-11-12-30-26(15-23)29(3,4)37)32-21-9-7-19-8-10-22(33(5)6)14-20(19)13-21/h7,9,11-13,15-18,22,37H,8,10,14H2,1-6H3,(H,31,32). The summed E-state index contributed by atoms with van der Waals surface area (Å²) in [4.78, 5) is 24.6. The van der Waals surface area contributed by atoms with Crippen LogP contribution in [-0.2, 0) is 18.4 Å². The second-order valence-electron chi connectivity index (χ2n) is 11.1. The first-order valence-corrected chi connectivity index (χ1v) is 12.9. The number of fused-ring (bicyclic) bond motifs is 2. The van der Waals surface area contributed by atoms with E-state index in [1.54, 1.807) is 30.9 Å². The smallest absolute Gasteiger partial charge is 0.276 e. The fourth-order valence-corrected chi connectivity index (χ4v) is 5.20. The van der Waals surface area contributed by atoms with Crippen molar-refractivity contribution in [2.24, 2.45) is 0 Å². The molecule has 1 unspecified atom stereocenters. The third-order valence-corrected chi connectivity index (χ3v) is 7.28. The minimum atomic E-state index is -1.10. The molecule has 3 aromatic heterocycles. The number of pyridine rings is 2. The van der Waals surface area contributed by atoms with E-state index in [9.17, 15) is 9.90 Å². The number of rotatable bonds is 6. The molecular weight excluding hydrogens is 464 g/mol. The van der Waals surface area contributed by atoms with Crippen LogP contribution in [0.4, 0.5) is 11.5 Å². The van der Waals surface area contributed by atoms with Crippen LogP contribution in [-0.4, -0.2) is 49.5 Å². The maximum absolute atomic E-state index is 13.4. The van der Waals surface area contributed by atoms with Gasteiger partial charge in [0.2, 0.25) is 0 Å². The number of likely N-dealkylation sites (N-methyl/N-ethyl adjacent to an activating group) is 1. The van der Waals surface area contributed by atoms with Gasteiger partial charge in [0.1, 0.15) is 11.4 Å². The van der Waals surface area contributed by atoms with E-state index in [0.29, 0.717) is 22.9 Å². The fraction of sp³-hybridized carbons (Fsp3) is 0.414. The molecular formula is C29H36N6O2. The molecule has 194 valence electrons. The van der Waals surface area contributed by atoms with Crippen molar-refractivity contribution in [1.82, 2.24) is 24.2 Å². The number of hydrogen-bond acceptors (Lipinski definition) is 6. The molecule has 0 amide bonds. The van der Waals surface area contributed by atoms with Crippen LogP contribution in [0.25, 0.3) is 16.6 Å². The zero-order valence-electron chi connectivity index (χ0n) is 22.5. The molecule has 0 bridgehead atoms. The van der Waals surface area contributed by atoms with Crippen molar-refractivity contribution in [1.29, 1.82) is 0 Å². The summed E-state index contributed by atoms with van der Waals surface area (Å²) >= 11 is 0. The molecule has 1 aliphatic rings. The Bertz CT molecular complexity index is 1510. The molecule has 0 saturated heterocycles. The normalized spacial score (nSPS) is 16.0. The third kappa shape index (κ3) is 4.79. The Morgan fingerprint density at radius 2 is 1.89 bits per heavy atom. The molecule has 2 N–H and O–H groups in total. The van der Waals surface area contributed by atoms with Gasteiger partial charge in [-0.3, -0.25) is 9.78 Å². The maximum Gasteiger partial charge on any atom is 0.276 e. The number of anilines is 2. The van der Waals surface area contributed by atoms with Crippen LogP contribution in [0.5, 0.6) is 0 Å². The van der Waals surface area contributed by atoms with Crippen molar-refractivity contribution in [3.63, 3.8) is 0 Å². The van der Waals surface area contributed by atoms with Gasteiger partial charge >= 0.3 is 0 Å². The molecule has 1 aromatic carbocycles. The topological polar surface area (TPSA) is 88.2 Å². The molecule has 3 heterocycles. The van der Waals surface area contributed by atoms with E-state index in [2.05, 4.69) is 52.5 Å². The van der Waals surface area contributed by atoms with Gasteiger partial charge in [-0.25, -0.2) is 14.3 Å². The van der Waals surface area contributed by atoms with Crippen molar-refractivity contribution < 1.29 is 5.11 Å². The molecule has 0 radical (unpaired) electrons. The first-order chi connectivity index (χ1) is 17.5. The summed E-state index contributed by atoms with van der Waals surface area (Å²) < 4.78 is 3.63. The van der Waals surface area contributed by atoms with Gasteiger partial charge in [-0.15, -0.1) is 0 Å². The highest BCUT2D eigenvalue weighted by Crippen LogP contribution is 2.29. The molecule has 0 saturated carbocycles. The van der Waals surface area contributed by atoms with Gasteiger partial charge < -0.3 is 15.3 Å². The average Bonchev–Trinajstić information content (AvgIpc) is 3.15. The van der Waals surface area contributed by atoms with Crippen LogP contribution in [0.1, 0.15) is 57.0 Å². The molecule has 5 rings (SSSR count). The molecule has 0 fully saturated rings. The Kier molecular flexibility index (Phi) is 6.41. The zero-order valence-corrected chi connectivity index (χ0v) is 22.5. The van der Waals surface area contributed by atoms with Crippen LogP contribution >= 0.6 is 0 Å². The quantitative estimate of drug-likeness (QED) is 0.404. The average molecular weight is 501 g/mol. The van der Waals surface area contributed by atoms with Gasteiger partial charge in [0.25, 0.3) is 5.56 Å². The van der Waals surface area contributed by atoms with E-state index in [1.807, 2.05) is 36.7 Å². The highest BCUT2D eigenvalue weighted by atomic mass is 16.3. The van der Waals surface area contributed by atoms with Crippen molar-refractivity contribution in [3.8, 4) is 5.69 Å². The highest BCUT2D eigenvalue weighted by Gasteiger charge is 2.23. The van der Waals surface area contributed by atoms with Crippen molar-refractivity contribution in [2.45, 2.75) is 64.6 Å². The van der Waals surface area contributed by atoms with E-state index < -0.39 is 5.60 Å². The van der Waals surface area contributed by atoms with Gasteiger partial charge in [-0.2, -0.15) is 0 Å². The summed E-state index contributed by atoms with van der Waals surface area (Å²) in [5, 5.41) is 14.5. The predicted octanol–water partition coefficient (Wildman–Crippen LogP) is 4.55. The van der Waals surface area contributed by atoms with Gasteiger partial charge in [-0.1, -0.05) is 6.07 Å². The van der Waals surface area contributed by atoms with Gasteiger partial charge in [0, 0.05) is 36.2 Å². The zero-order chi connectivity index (χ0) is 26.5. The Morgan fingerprint density at radius 1 is 1.11 bits per heavy atom. The third-order valence-electron chi connectivity index (χ3n) is 7.28. The van der Waals surface area contributed by atoms with E-state index in [4.69, 9.17) is 0 Å². The Hall–Kier alpha value is -3.49.